The molecule has 9 heteroatoms. The molecule has 2 aromatic carbocycles. The molecule has 1 heterocycles. The number of ketones is 1. The number of rotatable bonds is 9. The van der Waals surface area contributed by atoms with E-state index in [4.69, 9.17) is 27.9 Å². The topological polar surface area (TPSA) is 73.3 Å². The minimum Gasteiger partial charge on any atom is -0.478 e. The summed E-state index contributed by atoms with van der Waals surface area (Å²) in [6.07, 6.45) is 1.58. The monoisotopic (exact) mass is 523 g/mol. The number of ether oxygens (including phenoxy) is 1. The molecule has 0 spiro atoms. The van der Waals surface area contributed by atoms with Crippen LogP contribution in [0, 0.1) is 5.82 Å². The number of halogens is 3. The molecule has 0 radical (unpaired) electrons. The zero-order valence-electron chi connectivity index (χ0n) is 18.9. The number of Topliss-reactive ketones (excluding diaryl/α,β-unsaturated/α-hetero) is 1. The molecule has 0 atom stereocenters. The Bertz CT molecular complexity index is 1310. The number of carbonyl (C=O) groups excluding carboxylic acids is 1. The summed E-state index contributed by atoms with van der Waals surface area (Å²) in [5, 5.41) is 0.687. The van der Waals surface area contributed by atoms with Crippen molar-refractivity contribution in [1.29, 1.82) is 0 Å². The fourth-order valence-corrected chi connectivity index (χ4v) is 4.91. The lowest BCUT2D eigenvalue weighted by Gasteiger charge is -2.27. The number of sulfone groups is 1. The van der Waals surface area contributed by atoms with Gasteiger partial charge in [-0.2, -0.15) is 0 Å². The van der Waals surface area contributed by atoms with Crippen molar-refractivity contribution in [2.45, 2.75) is 44.1 Å². The van der Waals surface area contributed by atoms with Crippen LogP contribution in [0.2, 0.25) is 10.0 Å². The SMILES string of the molecule is CCS(=O)(=O)c1ccc(CC(=O)Cc2ccc(OC(C)(C)c3ncc(Cl)cc3Cl)c(F)c2)cc1. The lowest BCUT2D eigenvalue weighted by molar-refractivity contribution is -0.117. The summed E-state index contributed by atoms with van der Waals surface area (Å²) in [5.41, 5.74) is 0.571. The van der Waals surface area contributed by atoms with Gasteiger partial charge < -0.3 is 4.74 Å². The Hall–Kier alpha value is -2.48. The molecule has 180 valence electrons. The maximum Gasteiger partial charge on any atom is 0.178 e. The maximum absolute atomic E-state index is 14.8. The second kappa shape index (κ2) is 10.4. The van der Waals surface area contributed by atoms with Crippen LogP contribution in [0.3, 0.4) is 0 Å². The average molecular weight is 524 g/mol. The van der Waals surface area contributed by atoms with Crippen molar-refractivity contribution >= 4 is 38.8 Å². The van der Waals surface area contributed by atoms with Crippen molar-refractivity contribution in [3.63, 3.8) is 0 Å². The minimum atomic E-state index is -3.29. The standard InChI is InChI=1S/C25H24Cl2FNO4S/c1-4-34(31,32)20-8-5-16(6-9-20)11-19(30)12-17-7-10-23(22(28)13-17)33-25(2,3)24-21(27)14-18(26)15-29-24/h5-10,13-15H,4,11-12H2,1-3H3. The van der Waals surface area contributed by atoms with Gasteiger partial charge in [0.1, 0.15) is 17.1 Å². The summed E-state index contributed by atoms with van der Waals surface area (Å²) in [6, 6.07) is 12.1. The van der Waals surface area contributed by atoms with Crippen LogP contribution in [0.5, 0.6) is 5.75 Å². The van der Waals surface area contributed by atoms with Gasteiger partial charge >= 0.3 is 0 Å². The highest BCUT2D eigenvalue weighted by Crippen LogP contribution is 2.33. The molecule has 0 fully saturated rings. The molecular weight excluding hydrogens is 500 g/mol. The van der Waals surface area contributed by atoms with E-state index in [0.717, 1.165) is 0 Å². The Morgan fingerprint density at radius 2 is 1.65 bits per heavy atom. The Labute approximate surface area is 208 Å². The fourth-order valence-electron chi connectivity index (χ4n) is 3.42. The van der Waals surface area contributed by atoms with Crippen LogP contribution in [0.15, 0.2) is 59.6 Å². The van der Waals surface area contributed by atoms with Crippen LogP contribution >= 0.6 is 23.2 Å². The van der Waals surface area contributed by atoms with Gasteiger partial charge in [0.15, 0.2) is 21.4 Å². The molecule has 0 unspecified atom stereocenters. The van der Waals surface area contributed by atoms with Gasteiger partial charge in [0.25, 0.3) is 0 Å². The molecular formula is C25H24Cl2FNO4S. The van der Waals surface area contributed by atoms with Crippen molar-refractivity contribution in [1.82, 2.24) is 4.98 Å². The van der Waals surface area contributed by atoms with Crippen LogP contribution < -0.4 is 4.74 Å². The molecule has 0 aliphatic heterocycles. The highest BCUT2D eigenvalue weighted by Gasteiger charge is 2.28. The van der Waals surface area contributed by atoms with Gasteiger partial charge in [0, 0.05) is 19.0 Å². The summed E-state index contributed by atoms with van der Waals surface area (Å²) in [7, 11) is -3.29. The van der Waals surface area contributed by atoms with Crippen molar-refractivity contribution < 1.29 is 22.3 Å². The van der Waals surface area contributed by atoms with E-state index >= 15 is 0 Å². The summed E-state index contributed by atoms with van der Waals surface area (Å²) < 4.78 is 44.4. The lowest BCUT2D eigenvalue weighted by Crippen LogP contribution is -2.27. The Morgan fingerprint density at radius 3 is 2.24 bits per heavy atom. The minimum absolute atomic E-state index is 0.00161. The van der Waals surface area contributed by atoms with Crippen LogP contribution in [0.1, 0.15) is 37.6 Å². The first-order chi connectivity index (χ1) is 15.9. The van der Waals surface area contributed by atoms with Gasteiger partial charge in [-0.25, -0.2) is 12.8 Å². The largest absolute Gasteiger partial charge is 0.478 e. The number of nitrogens with zero attached hydrogens (tertiary/aromatic N) is 1. The summed E-state index contributed by atoms with van der Waals surface area (Å²) in [4.78, 5) is 16.9. The molecule has 5 nitrogen and oxygen atoms in total. The molecule has 0 N–H and O–H groups in total. The molecule has 1 aromatic heterocycles. The first-order valence-corrected chi connectivity index (χ1v) is 12.9. The molecule has 0 bridgehead atoms. The van der Waals surface area contributed by atoms with Gasteiger partial charge in [-0.05, 0) is 55.3 Å². The Morgan fingerprint density at radius 1 is 1.03 bits per heavy atom. The predicted molar refractivity (Wildman–Crippen MR) is 131 cm³/mol. The number of carbonyl (C=O) groups is 1. The second-order valence-electron chi connectivity index (χ2n) is 8.30. The van der Waals surface area contributed by atoms with Crippen molar-refractivity contribution in [3.05, 3.63) is 87.4 Å². The number of hydrogen-bond donors (Lipinski definition) is 0. The van der Waals surface area contributed by atoms with Crippen LogP contribution in [-0.4, -0.2) is 24.9 Å². The van der Waals surface area contributed by atoms with E-state index in [0.29, 0.717) is 26.9 Å². The number of aromatic nitrogens is 1. The van der Waals surface area contributed by atoms with E-state index in [2.05, 4.69) is 4.98 Å². The average Bonchev–Trinajstić information content (AvgIpc) is 2.75. The van der Waals surface area contributed by atoms with E-state index in [1.54, 1.807) is 39.0 Å². The molecule has 3 rings (SSSR count). The number of benzene rings is 2. The maximum atomic E-state index is 14.8. The molecule has 3 aromatic rings. The van der Waals surface area contributed by atoms with Gasteiger partial charge in [0.2, 0.25) is 0 Å². The molecule has 0 aliphatic carbocycles. The Balaban J connectivity index is 1.67. The zero-order chi connectivity index (χ0) is 25.1. The molecule has 0 aliphatic rings. The van der Waals surface area contributed by atoms with E-state index in [1.165, 1.54) is 36.5 Å². The smallest absolute Gasteiger partial charge is 0.178 e. The summed E-state index contributed by atoms with van der Waals surface area (Å²) >= 11 is 12.1. The first-order valence-electron chi connectivity index (χ1n) is 10.5. The van der Waals surface area contributed by atoms with Crippen LogP contribution in [0.4, 0.5) is 4.39 Å². The first kappa shape index (κ1) is 26.1. The third-order valence-corrected chi connectivity index (χ3v) is 7.45. The molecule has 34 heavy (non-hydrogen) atoms. The third kappa shape index (κ3) is 6.34. The zero-order valence-corrected chi connectivity index (χ0v) is 21.3. The third-order valence-electron chi connectivity index (χ3n) is 5.20. The van der Waals surface area contributed by atoms with E-state index in [-0.39, 0.29) is 35.0 Å². The van der Waals surface area contributed by atoms with Crippen LogP contribution in [-0.2, 0) is 33.1 Å². The van der Waals surface area contributed by atoms with Gasteiger partial charge in [-0.1, -0.05) is 48.3 Å². The van der Waals surface area contributed by atoms with Gasteiger partial charge in [-0.15, -0.1) is 0 Å². The number of pyridine rings is 1. The lowest BCUT2D eigenvalue weighted by atomic mass is 10.0. The molecule has 0 saturated carbocycles. The predicted octanol–water partition coefficient (Wildman–Crippen LogP) is 5.99. The Kier molecular flexibility index (Phi) is 8.01. The van der Waals surface area contributed by atoms with Crippen LogP contribution in [0.25, 0.3) is 0 Å². The fraction of sp³-hybridized carbons (Fsp3) is 0.280. The van der Waals surface area contributed by atoms with E-state index in [1.807, 2.05) is 0 Å². The molecule has 0 amide bonds. The highest BCUT2D eigenvalue weighted by atomic mass is 35.5. The van der Waals surface area contributed by atoms with E-state index in [9.17, 15) is 17.6 Å². The number of hydrogen-bond acceptors (Lipinski definition) is 5. The van der Waals surface area contributed by atoms with E-state index < -0.39 is 21.3 Å². The van der Waals surface area contributed by atoms with Gasteiger partial charge in [-0.3, -0.25) is 9.78 Å². The van der Waals surface area contributed by atoms with Gasteiger partial charge in [0.05, 0.1) is 20.7 Å². The van der Waals surface area contributed by atoms with Crippen molar-refractivity contribution in [2.75, 3.05) is 5.75 Å². The summed E-state index contributed by atoms with van der Waals surface area (Å²) in [6.45, 7) is 5.00. The normalized spacial score (nSPS) is 11.9. The van der Waals surface area contributed by atoms with Crippen molar-refractivity contribution in [2.24, 2.45) is 0 Å². The quantitative estimate of drug-likeness (QED) is 0.344. The van der Waals surface area contributed by atoms with Crippen molar-refractivity contribution in [3.8, 4) is 5.75 Å². The summed E-state index contributed by atoms with van der Waals surface area (Å²) in [5.74, 6) is -0.729. The highest BCUT2D eigenvalue weighted by molar-refractivity contribution is 7.91. The second-order valence-corrected chi connectivity index (χ2v) is 11.4. The molecule has 0 saturated heterocycles.